The van der Waals surface area contributed by atoms with Crippen LogP contribution in [0, 0.1) is 22.8 Å². The van der Waals surface area contributed by atoms with Crippen LogP contribution >= 0.6 is 0 Å². The number of rotatable bonds is 2. The second kappa shape index (κ2) is 7.70. The number of guanidine groups is 1. The van der Waals surface area contributed by atoms with E-state index >= 15 is 0 Å². The number of fused-ring (bicyclic) bond motifs is 2. The molecule has 2 aromatic rings. The van der Waals surface area contributed by atoms with Crippen molar-refractivity contribution in [3.63, 3.8) is 0 Å². The third-order valence-electron chi connectivity index (χ3n) is 5.65. The molecule has 0 spiro atoms. The van der Waals surface area contributed by atoms with E-state index in [4.69, 9.17) is 4.74 Å². The van der Waals surface area contributed by atoms with Gasteiger partial charge in [0, 0.05) is 11.3 Å². The molecule has 0 bridgehead atoms. The molecule has 3 N–H and O–H groups in total. The zero-order valence-corrected chi connectivity index (χ0v) is 16.9. The Kier molecular flexibility index (Phi) is 5.07. The number of hydrogen-bond donors (Lipinski definition) is 3. The van der Waals surface area contributed by atoms with Crippen molar-refractivity contribution < 1.29 is 9.84 Å². The van der Waals surface area contributed by atoms with Gasteiger partial charge in [-0.1, -0.05) is 6.07 Å². The van der Waals surface area contributed by atoms with Gasteiger partial charge in [-0.2, -0.15) is 10.5 Å². The van der Waals surface area contributed by atoms with Gasteiger partial charge in [0.15, 0.2) is 6.19 Å². The van der Waals surface area contributed by atoms with Crippen molar-refractivity contribution in [2.75, 3.05) is 5.32 Å². The Morgan fingerprint density at radius 3 is 2.73 bits per heavy atom. The molecule has 1 aliphatic carbocycles. The molecule has 1 aliphatic heterocycles. The van der Waals surface area contributed by atoms with Crippen molar-refractivity contribution in [2.24, 2.45) is 4.99 Å². The van der Waals surface area contributed by atoms with Crippen LogP contribution in [0.15, 0.2) is 41.4 Å². The van der Waals surface area contributed by atoms with Gasteiger partial charge < -0.3 is 15.2 Å². The summed E-state index contributed by atoms with van der Waals surface area (Å²) >= 11 is 0. The van der Waals surface area contributed by atoms with E-state index in [1.807, 2.05) is 12.3 Å². The molecule has 0 fully saturated rings. The van der Waals surface area contributed by atoms with Crippen molar-refractivity contribution in [1.82, 2.24) is 5.32 Å². The summed E-state index contributed by atoms with van der Waals surface area (Å²) in [5, 5.41) is 35.2. The number of aliphatic imine (C=N–C) groups is 1. The molecule has 2 aliphatic rings. The lowest BCUT2D eigenvalue weighted by Gasteiger charge is -2.40. The van der Waals surface area contributed by atoms with Gasteiger partial charge in [-0.25, -0.2) is 4.99 Å². The van der Waals surface area contributed by atoms with Crippen LogP contribution in [-0.4, -0.2) is 22.8 Å². The van der Waals surface area contributed by atoms with Gasteiger partial charge in [-0.15, -0.1) is 0 Å². The van der Waals surface area contributed by atoms with E-state index in [2.05, 4.69) is 33.8 Å². The average molecular weight is 401 g/mol. The highest BCUT2D eigenvalue weighted by atomic mass is 16.5. The predicted molar refractivity (Wildman–Crippen MR) is 113 cm³/mol. The number of nitrogens with one attached hydrogen (secondary N) is 2. The fourth-order valence-corrected chi connectivity index (χ4v) is 4.05. The van der Waals surface area contributed by atoms with Crippen LogP contribution in [0.3, 0.4) is 0 Å². The molecular formula is C23H23N5O2. The number of hydrogen-bond acceptors (Lipinski definition) is 5. The van der Waals surface area contributed by atoms with Gasteiger partial charge in [0.25, 0.3) is 0 Å². The number of aliphatic hydroxyl groups excluding tert-OH is 1. The van der Waals surface area contributed by atoms with Crippen LogP contribution in [0.4, 0.5) is 5.69 Å². The molecule has 2 atom stereocenters. The van der Waals surface area contributed by atoms with E-state index in [0.717, 1.165) is 24.9 Å². The molecule has 1 unspecified atom stereocenters. The lowest BCUT2D eigenvalue weighted by atomic mass is 9.86. The standard InChI is InChI=1S/C23H23N5O2/c1-23(2)21(29)20(18-10-14(12-24)6-9-19(18)30-23)28-22(26-13-25)27-17-8-7-15-4-3-5-16(15)11-17/h6-11,20-21,29H,3-5H2,1-2H3,(H2,26,27,28)/t20-,21?/m0/s1. The molecule has 0 aromatic heterocycles. The fourth-order valence-electron chi connectivity index (χ4n) is 4.05. The maximum atomic E-state index is 11.0. The smallest absolute Gasteiger partial charge is 0.209 e. The largest absolute Gasteiger partial charge is 0.485 e. The zero-order valence-electron chi connectivity index (χ0n) is 16.9. The van der Waals surface area contributed by atoms with Gasteiger partial charge in [-0.3, -0.25) is 5.32 Å². The first kappa shape index (κ1) is 19.8. The first-order valence-electron chi connectivity index (χ1n) is 9.94. The molecular weight excluding hydrogens is 378 g/mol. The Bertz CT molecular complexity index is 1090. The summed E-state index contributed by atoms with van der Waals surface area (Å²) in [6, 6.07) is 12.6. The van der Waals surface area contributed by atoms with Crippen molar-refractivity contribution in [3.8, 4) is 18.0 Å². The molecule has 0 radical (unpaired) electrons. The van der Waals surface area contributed by atoms with E-state index in [1.165, 1.54) is 11.1 Å². The number of aliphatic hydroxyl groups is 1. The Morgan fingerprint density at radius 2 is 1.97 bits per heavy atom. The lowest BCUT2D eigenvalue weighted by molar-refractivity contribution is -0.0567. The third-order valence-corrected chi connectivity index (χ3v) is 5.65. The molecule has 0 amide bonds. The highest BCUT2D eigenvalue weighted by molar-refractivity contribution is 5.95. The van der Waals surface area contributed by atoms with Crippen molar-refractivity contribution in [3.05, 3.63) is 58.7 Å². The summed E-state index contributed by atoms with van der Waals surface area (Å²) in [6.07, 6.45) is 4.21. The third kappa shape index (κ3) is 3.68. The molecule has 7 heteroatoms. The monoisotopic (exact) mass is 401 g/mol. The summed E-state index contributed by atoms with van der Waals surface area (Å²) in [4.78, 5) is 4.64. The number of nitrogens with zero attached hydrogens (tertiary/aromatic N) is 3. The van der Waals surface area contributed by atoms with Crippen LogP contribution in [-0.2, 0) is 12.8 Å². The van der Waals surface area contributed by atoms with E-state index in [1.54, 1.807) is 32.0 Å². The van der Waals surface area contributed by atoms with E-state index in [0.29, 0.717) is 16.9 Å². The first-order valence-corrected chi connectivity index (χ1v) is 9.94. The molecule has 1 heterocycles. The zero-order chi connectivity index (χ0) is 21.3. The van der Waals surface area contributed by atoms with Gasteiger partial charge in [0.1, 0.15) is 23.5 Å². The highest BCUT2D eigenvalue weighted by Gasteiger charge is 2.43. The van der Waals surface area contributed by atoms with Crippen LogP contribution in [0.5, 0.6) is 5.75 Å². The SMILES string of the molecule is CC1(C)Oc2ccc(C#N)cc2[C@H](N=C(NC#N)Nc2ccc3c(c2)CCC3)C1O. The quantitative estimate of drug-likeness (QED) is 0.308. The number of anilines is 1. The number of nitriles is 2. The van der Waals surface area contributed by atoms with Gasteiger partial charge in [0.2, 0.25) is 5.96 Å². The lowest BCUT2D eigenvalue weighted by Crippen LogP contribution is -2.49. The molecule has 7 nitrogen and oxygen atoms in total. The van der Waals surface area contributed by atoms with Crippen molar-refractivity contribution in [1.29, 1.82) is 10.5 Å². The van der Waals surface area contributed by atoms with Crippen LogP contribution in [0.25, 0.3) is 0 Å². The molecule has 0 saturated carbocycles. The maximum Gasteiger partial charge on any atom is 0.209 e. The fraction of sp³-hybridized carbons (Fsp3) is 0.348. The first-order chi connectivity index (χ1) is 14.4. The minimum absolute atomic E-state index is 0.227. The topological polar surface area (TPSA) is 113 Å². The van der Waals surface area contributed by atoms with Crippen LogP contribution in [0.1, 0.15) is 48.6 Å². The summed E-state index contributed by atoms with van der Waals surface area (Å²) in [5.74, 6) is 0.789. The molecule has 0 saturated heterocycles. The highest BCUT2D eigenvalue weighted by Crippen LogP contribution is 2.42. The summed E-state index contributed by atoms with van der Waals surface area (Å²) in [7, 11) is 0. The Morgan fingerprint density at radius 1 is 1.17 bits per heavy atom. The van der Waals surface area contributed by atoms with Gasteiger partial charge in [-0.05, 0) is 74.6 Å². The minimum Gasteiger partial charge on any atom is -0.485 e. The molecule has 4 rings (SSSR count). The van der Waals surface area contributed by atoms with Gasteiger partial charge in [0.05, 0.1) is 11.6 Å². The number of aryl methyl sites for hydroxylation is 2. The predicted octanol–water partition coefficient (Wildman–Crippen LogP) is 3.16. The Hall–Kier alpha value is -3.55. The molecule has 30 heavy (non-hydrogen) atoms. The van der Waals surface area contributed by atoms with Crippen molar-refractivity contribution >= 4 is 11.6 Å². The Balaban J connectivity index is 1.72. The van der Waals surface area contributed by atoms with E-state index < -0.39 is 17.7 Å². The van der Waals surface area contributed by atoms with E-state index in [9.17, 15) is 15.6 Å². The van der Waals surface area contributed by atoms with Gasteiger partial charge >= 0.3 is 0 Å². The summed E-state index contributed by atoms with van der Waals surface area (Å²) in [6.45, 7) is 3.57. The Labute approximate surface area is 175 Å². The second-order valence-corrected chi connectivity index (χ2v) is 8.14. The summed E-state index contributed by atoms with van der Waals surface area (Å²) in [5.41, 5.74) is 3.64. The van der Waals surface area contributed by atoms with Crippen LogP contribution < -0.4 is 15.4 Å². The molecule has 2 aromatic carbocycles. The van der Waals surface area contributed by atoms with E-state index in [-0.39, 0.29) is 5.96 Å². The average Bonchev–Trinajstić information content (AvgIpc) is 3.19. The number of benzene rings is 2. The maximum absolute atomic E-state index is 11.0. The summed E-state index contributed by atoms with van der Waals surface area (Å²) < 4.78 is 5.94. The second-order valence-electron chi connectivity index (χ2n) is 8.14. The molecule has 152 valence electrons. The van der Waals surface area contributed by atoms with Crippen LogP contribution in [0.2, 0.25) is 0 Å². The normalized spacial score (nSPS) is 21.4. The van der Waals surface area contributed by atoms with Crippen molar-refractivity contribution in [2.45, 2.75) is 50.9 Å². The minimum atomic E-state index is -0.976. The number of ether oxygens (including phenoxy) is 1.